The monoisotopic (exact) mass is 273 g/mol. The van der Waals surface area contributed by atoms with Crippen LogP contribution in [0.1, 0.15) is 19.8 Å². The van der Waals surface area contributed by atoms with E-state index in [4.69, 9.17) is 6.42 Å². The Hall–Kier alpha value is -1.45. The van der Waals surface area contributed by atoms with Crippen molar-refractivity contribution in [1.29, 1.82) is 0 Å². The number of terminal acetylenes is 1. The van der Waals surface area contributed by atoms with Crippen LogP contribution in [-0.2, 0) is 10.0 Å². The molecule has 1 aromatic rings. The number of nitrogens with one attached hydrogen (secondary N) is 1. The predicted octanol–water partition coefficient (Wildman–Crippen LogP) is 2.04. The second-order valence-electron chi connectivity index (χ2n) is 3.71. The van der Waals surface area contributed by atoms with Crippen LogP contribution in [0.25, 0.3) is 0 Å². The Bertz CT molecular complexity index is 564. The van der Waals surface area contributed by atoms with Gasteiger partial charge in [-0.1, -0.05) is 6.92 Å². The molecule has 1 atom stereocenters. The van der Waals surface area contributed by atoms with Crippen LogP contribution in [0.4, 0.5) is 8.78 Å². The first-order valence-corrected chi connectivity index (χ1v) is 6.80. The molecule has 1 aromatic carbocycles. The SMILES string of the molecule is C#CCC(CC)NS(=O)(=O)c1ccc(F)c(F)c1. The predicted molar refractivity (Wildman–Crippen MR) is 64.2 cm³/mol. The standard InChI is InChI=1S/C12H13F2NO2S/c1-3-5-9(4-2)15-18(16,17)10-6-7-11(13)12(14)8-10/h1,6-9,15H,4-5H2,2H3. The van der Waals surface area contributed by atoms with E-state index in [2.05, 4.69) is 10.6 Å². The molecule has 1 unspecified atom stereocenters. The van der Waals surface area contributed by atoms with Gasteiger partial charge < -0.3 is 0 Å². The summed E-state index contributed by atoms with van der Waals surface area (Å²) >= 11 is 0. The summed E-state index contributed by atoms with van der Waals surface area (Å²) < 4.78 is 51.8. The van der Waals surface area contributed by atoms with Gasteiger partial charge in [0.15, 0.2) is 11.6 Å². The molecule has 0 saturated heterocycles. The summed E-state index contributed by atoms with van der Waals surface area (Å²) in [5.41, 5.74) is 0. The van der Waals surface area contributed by atoms with Gasteiger partial charge in [-0.2, -0.15) is 0 Å². The van der Waals surface area contributed by atoms with Crippen LogP contribution >= 0.6 is 0 Å². The van der Waals surface area contributed by atoms with Crippen LogP contribution < -0.4 is 4.72 Å². The molecule has 0 aromatic heterocycles. The molecule has 0 spiro atoms. The first-order chi connectivity index (χ1) is 8.40. The Kier molecular flexibility index (Phi) is 4.82. The minimum absolute atomic E-state index is 0.236. The zero-order valence-corrected chi connectivity index (χ0v) is 10.6. The quantitative estimate of drug-likeness (QED) is 0.835. The maximum absolute atomic E-state index is 13.0. The molecular formula is C12H13F2NO2S. The number of halogens is 2. The molecule has 0 aliphatic heterocycles. The van der Waals surface area contributed by atoms with Gasteiger partial charge in [-0.3, -0.25) is 0 Å². The van der Waals surface area contributed by atoms with Crippen molar-refractivity contribution in [3.63, 3.8) is 0 Å². The Labute approximate surface area is 105 Å². The average Bonchev–Trinajstić information content (AvgIpc) is 2.31. The topological polar surface area (TPSA) is 46.2 Å². The first-order valence-electron chi connectivity index (χ1n) is 5.31. The summed E-state index contributed by atoms with van der Waals surface area (Å²) in [6, 6.07) is 1.99. The zero-order valence-electron chi connectivity index (χ0n) is 9.78. The third-order valence-electron chi connectivity index (χ3n) is 2.38. The molecule has 18 heavy (non-hydrogen) atoms. The lowest BCUT2D eigenvalue weighted by atomic mass is 10.2. The highest BCUT2D eigenvalue weighted by Crippen LogP contribution is 2.14. The van der Waals surface area contributed by atoms with Crippen molar-refractivity contribution in [2.75, 3.05) is 0 Å². The molecule has 0 amide bonds. The lowest BCUT2D eigenvalue weighted by Crippen LogP contribution is -2.34. The number of hydrogen-bond acceptors (Lipinski definition) is 2. The van der Waals surface area contributed by atoms with E-state index in [-0.39, 0.29) is 11.3 Å². The molecule has 0 saturated carbocycles. The van der Waals surface area contributed by atoms with Gasteiger partial charge in [-0.15, -0.1) is 12.3 Å². The molecule has 98 valence electrons. The lowest BCUT2D eigenvalue weighted by molar-refractivity contribution is 0.503. The highest BCUT2D eigenvalue weighted by molar-refractivity contribution is 7.89. The van der Waals surface area contributed by atoms with E-state index in [1.807, 2.05) is 0 Å². The van der Waals surface area contributed by atoms with Crippen molar-refractivity contribution in [3.05, 3.63) is 29.8 Å². The zero-order chi connectivity index (χ0) is 13.8. The highest BCUT2D eigenvalue weighted by atomic mass is 32.2. The molecule has 0 aliphatic carbocycles. The van der Waals surface area contributed by atoms with Crippen molar-refractivity contribution in [2.24, 2.45) is 0 Å². The van der Waals surface area contributed by atoms with Gasteiger partial charge in [0.25, 0.3) is 0 Å². The molecule has 0 heterocycles. The van der Waals surface area contributed by atoms with Gasteiger partial charge in [-0.05, 0) is 24.6 Å². The summed E-state index contributed by atoms with van der Waals surface area (Å²) in [6.07, 6.45) is 5.85. The van der Waals surface area contributed by atoms with E-state index in [1.54, 1.807) is 6.92 Å². The summed E-state index contributed by atoms with van der Waals surface area (Å²) in [5, 5.41) is 0. The Morgan fingerprint density at radius 1 is 1.39 bits per heavy atom. The number of benzene rings is 1. The largest absolute Gasteiger partial charge is 0.240 e. The molecule has 6 heteroatoms. The van der Waals surface area contributed by atoms with Gasteiger partial charge in [0.2, 0.25) is 10.0 Å². The van der Waals surface area contributed by atoms with Gasteiger partial charge in [0.05, 0.1) is 4.90 Å². The molecule has 1 rings (SSSR count). The van der Waals surface area contributed by atoms with Crippen molar-refractivity contribution < 1.29 is 17.2 Å². The molecule has 3 nitrogen and oxygen atoms in total. The lowest BCUT2D eigenvalue weighted by Gasteiger charge is -2.14. The van der Waals surface area contributed by atoms with Crippen molar-refractivity contribution in [3.8, 4) is 12.3 Å². The molecular weight excluding hydrogens is 260 g/mol. The number of rotatable bonds is 5. The normalized spacial score (nSPS) is 13.0. The molecule has 0 bridgehead atoms. The molecule has 1 N–H and O–H groups in total. The maximum atomic E-state index is 13.0. The molecule has 0 aliphatic rings. The second kappa shape index (κ2) is 5.94. The number of hydrogen-bond donors (Lipinski definition) is 1. The minimum atomic E-state index is -3.89. The van der Waals surface area contributed by atoms with Gasteiger partial charge in [0, 0.05) is 12.5 Å². The maximum Gasteiger partial charge on any atom is 0.240 e. The van der Waals surface area contributed by atoms with E-state index >= 15 is 0 Å². The van der Waals surface area contributed by atoms with Crippen molar-refractivity contribution in [1.82, 2.24) is 4.72 Å². The third-order valence-corrected chi connectivity index (χ3v) is 3.90. The highest BCUT2D eigenvalue weighted by Gasteiger charge is 2.19. The van der Waals surface area contributed by atoms with Crippen LogP contribution in [0.3, 0.4) is 0 Å². The van der Waals surface area contributed by atoms with E-state index in [0.29, 0.717) is 12.5 Å². The van der Waals surface area contributed by atoms with Crippen LogP contribution in [0.15, 0.2) is 23.1 Å². The van der Waals surface area contributed by atoms with E-state index in [1.165, 1.54) is 0 Å². The Morgan fingerprint density at radius 3 is 2.56 bits per heavy atom. The molecule has 0 radical (unpaired) electrons. The van der Waals surface area contributed by atoms with Crippen molar-refractivity contribution >= 4 is 10.0 Å². The second-order valence-corrected chi connectivity index (χ2v) is 5.42. The molecule has 0 fully saturated rings. The summed E-state index contributed by atoms with van der Waals surface area (Å²) in [5.74, 6) is 0.0536. The van der Waals surface area contributed by atoms with Crippen LogP contribution in [0.2, 0.25) is 0 Å². The average molecular weight is 273 g/mol. The summed E-state index contributed by atoms with van der Waals surface area (Å²) in [4.78, 5) is -0.322. The van der Waals surface area contributed by atoms with Crippen LogP contribution in [-0.4, -0.2) is 14.5 Å². The van der Waals surface area contributed by atoms with E-state index in [9.17, 15) is 17.2 Å². The van der Waals surface area contributed by atoms with E-state index < -0.39 is 27.7 Å². The van der Waals surface area contributed by atoms with Crippen LogP contribution in [0.5, 0.6) is 0 Å². The van der Waals surface area contributed by atoms with Gasteiger partial charge in [-0.25, -0.2) is 21.9 Å². The Balaban J connectivity index is 2.99. The van der Waals surface area contributed by atoms with E-state index in [0.717, 1.165) is 12.1 Å². The fourth-order valence-electron chi connectivity index (χ4n) is 1.34. The fraction of sp³-hybridized carbons (Fsp3) is 0.333. The van der Waals surface area contributed by atoms with Crippen LogP contribution in [0, 0.1) is 24.0 Å². The first kappa shape index (κ1) is 14.6. The third kappa shape index (κ3) is 3.52. The fourth-order valence-corrected chi connectivity index (χ4v) is 2.67. The van der Waals surface area contributed by atoms with Crippen molar-refractivity contribution in [2.45, 2.75) is 30.7 Å². The number of sulfonamides is 1. The smallest absolute Gasteiger partial charge is 0.207 e. The minimum Gasteiger partial charge on any atom is -0.207 e. The Morgan fingerprint density at radius 2 is 2.06 bits per heavy atom. The van der Waals surface area contributed by atoms with Gasteiger partial charge >= 0.3 is 0 Å². The summed E-state index contributed by atoms with van der Waals surface area (Å²) in [6.45, 7) is 1.77. The van der Waals surface area contributed by atoms with Gasteiger partial charge in [0.1, 0.15) is 0 Å². The summed E-state index contributed by atoms with van der Waals surface area (Å²) in [7, 11) is -3.89.